The average molecular weight is 204 g/mol. The van der Waals surface area contributed by atoms with Crippen molar-refractivity contribution >= 4 is 11.9 Å². The standard InChI is InChI=1S/C7H15N.C2H2O4/c1-7-3-5-8(2)6-4-7;3-1(4)2(5)6/h7H,3-6H2,1-2H3;(H,3,4)(H,5,6)/p+1. The molecule has 0 spiro atoms. The third kappa shape index (κ3) is 6.42. The van der Waals surface area contributed by atoms with Crippen LogP contribution < -0.4 is 4.90 Å². The van der Waals surface area contributed by atoms with Gasteiger partial charge in [-0.25, -0.2) is 9.59 Å². The summed E-state index contributed by atoms with van der Waals surface area (Å²) >= 11 is 0. The third-order valence-electron chi connectivity index (χ3n) is 2.31. The first kappa shape index (κ1) is 12.9. The summed E-state index contributed by atoms with van der Waals surface area (Å²) in [4.78, 5) is 19.9. The van der Waals surface area contributed by atoms with Crippen LogP contribution in [-0.2, 0) is 9.59 Å². The lowest BCUT2D eigenvalue weighted by Gasteiger charge is -2.23. The summed E-state index contributed by atoms with van der Waals surface area (Å²) in [5.74, 6) is -2.65. The van der Waals surface area contributed by atoms with Crippen LogP contribution in [0.2, 0.25) is 0 Å². The van der Waals surface area contributed by atoms with Gasteiger partial charge < -0.3 is 15.1 Å². The molecule has 0 radical (unpaired) electrons. The lowest BCUT2D eigenvalue weighted by molar-refractivity contribution is -0.885. The second kappa shape index (κ2) is 6.37. The number of carboxylic acid groups (broad SMARTS) is 2. The van der Waals surface area contributed by atoms with Gasteiger partial charge in [-0.3, -0.25) is 0 Å². The van der Waals surface area contributed by atoms with E-state index in [4.69, 9.17) is 19.8 Å². The van der Waals surface area contributed by atoms with Crippen molar-refractivity contribution in [2.75, 3.05) is 20.1 Å². The van der Waals surface area contributed by atoms with Crippen LogP contribution in [0.4, 0.5) is 0 Å². The van der Waals surface area contributed by atoms with Crippen molar-refractivity contribution in [1.82, 2.24) is 0 Å². The molecule has 3 N–H and O–H groups in total. The van der Waals surface area contributed by atoms with Crippen molar-refractivity contribution < 1.29 is 24.7 Å². The Balaban J connectivity index is 0.000000255. The SMILES string of the molecule is CC1CC[NH+](C)CC1.O=C(O)C(=O)O. The zero-order valence-electron chi connectivity index (χ0n) is 8.62. The van der Waals surface area contributed by atoms with E-state index in [9.17, 15) is 0 Å². The maximum Gasteiger partial charge on any atom is 0.414 e. The Kier molecular flexibility index (Phi) is 5.87. The summed E-state index contributed by atoms with van der Waals surface area (Å²) in [5, 5.41) is 14.8. The van der Waals surface area contributed by atoms with Crippen LogP contribution in [0.25, 0.3) is 0 Å². The summed E-state index contributed by atoms with van der Waals surface area (Å²) < 4.78 is 0. The Morgan fingerprint density at radius 3 is 1.71 bits per heavy atom. The monoisotopic (exact) mass is 204 g/mol. The maximum atomic E-state index is 9.10. The number of rotatable bonds is 0. The first-order valence-corrected chi connectivity index (χ1v) is 4.71. The van der Waals surface area contributed by atoms with Crippen molar-refractivity contribution in [2.24, 2.45) is 5.92 Å². The van der Waals surface area contributed by atoms with Crippen LogP contribution in [0, 0.1) is 5.92 Å². The number of likely N-dealkylation sites (tertiary alicyclic amines) is 1. The third-order valence-corrected chi connectivity index (χ3v) is 2.31. The smallest absolute Gasteiger partial charge is 0.414 e. The van der Waals surface area contributed by atoms with Crippen LogP contribution >= 0.6 is 0 Å². The van der Waals surface area contributed by atoms with Crippen LogP contribution in [0.3, 0.4) is 0 Å². The van der Waals surface area contributed by atoms with E-state index in [-0.39, 0.29) is 0 Å². The van der Waals surface area contributed by atoms with Gasteiger partial charge in [0.05, 0.1) is 20.1 Å². The molecule has 0 saturated carbocycles. The van der Waals surface area contributed by atoms with Gasteiger partial charge in [-0.2, -0.15) is 0 Å². The second-order valence-electron chi connectivity index (χ2n) is 3.75. The quantitative estimate of drug-likeness (QED) is 0.446. The number of hydrogen-bond donors (Lipinski definition) is 3. The first-order valence-electron chi connectivity index (χ1n) is 4.71. The molecule has 14 heavy (non-hydrogen) atoms. The highest BCUT2D eigenvalue weighted by molar-refractivity contribution is 6.27. The molecule has 1 aliphatic rings. The molecule has 0 aliphatic carbocycles. The Bertz CT molecular complexity index is 175. The maximum absolute atomic E-state index is 9.10. The summed E-state index contributed by atoms with van der Waals surface area (Å²) in [5.41, 5.74) is 0. The Hall–Kier alpha value is -1.10. The summed E-state index contributed by atoms with van der Waals surface area (Å²) in [6.07, 6.45) is 2.87. The molecule has 0 amide bonds. The van der Waals surface area contributed by atoms with E-state index >= 15 is 0 Å². The second-order valence-corrected chi connectivity index (χ2v) is 3.75. The number of hydrogen-bond acceptors (Lipinski definition) is 2. The largest absolute Gasteiger partial charge is 0.473 e. The Morgan fingerprint density at radius 1 is 1.14 bits per heavy atom. The minimum atomic E-state index is -1.82. The fourth-order valence-corrected chi connectivity index (χ4v) is 1.25. The van der Waals surface area contributed by atoms with Gasteiger partial charge in [-0.05, 0) is 18.8 Å². The van der Waals surface area contributed by atoms with Crippen LogP contribution in [0.5, 0.6) is 0 Å². The van der Waals surface area contributed by atoms with Crippen molar-refractivity contribution in [2.45, 2.75) is 19.8 Å². The highest BCUT2D eigenvalue weighted by Crippen LogP contribution is 2.05. The topological polar surface area (TPSA) is 79.0 Å². The predicted molar refractivity (Wildman–Crippen MR) is 50.3 cm³/mol. The van der Waals surface area contributed by atoms with Gasteiger partial charge in [0, 0.05) is 0 Å². The molecule has 1 saturated heterocycles. The van der Waals surface area contributed by atoms with E-state index in [1.54, 1.807) is 4.90 Å². The van der Waals surface area contributed by atoms with E-state index in [1.165, 1.54) is 25.9 Å². The van der Waals surface area contributed by atoms with Crippen LogP contribution in [0.1, 0.15) is 19.8 Å². The highest BCUT2D eigenvalue weighted by Gasteiger charge is 2.13. The molecule has 1 heterocycles. The average Bonchev–Trinajstić information content (AvgIpc) is 2.11. The van der Waals surface area contributed by atoms with Crippen molar-refractivity contribution in [3.05, 3.63) is 0 Å². The number of aliphatic carboxylic acids is 2. The Morgan fingerprint density at radius 2 is 1.50 bits per heavy atom. The molecule has 1 rings (SSSR count). The summed E-state index contributed by atoms with van der Waals surface area (Å²) in [7, 11) is 2.28. The number of carboxylic acids is 2. The molecule has 82 valence electrons. The van der Waals surface area contributed by atoms with Crippen molar-refractivity contribution in [3.8, 4) is 0 Å². The zero-order valence-corrected chi connectivity index (χ0v) is 8.62. The number of nitrogens with one attached hydrogen (secondary N) is 1. The van der Waals surface area contributed by atoms with E-state index in [0.717, 1.165) is 5.92 Å². The lowest BCUT2D eigenvalue weighted by atomic mass is 10.00. The van der Waals surface area contributed by atoms with Gasteiger partial charge in [0.1, 0.15) is 0 Å². The molecule has 1 fully saturated rings. The molecule has 5 nitrogen and oxygen atoms in total. The molecule has 0 bridgehead atoms. The van der Waals surface area contributed by atoms with E-state index < -0.39 is 11.9 Å². The van der Waals surface area contributed by atoms with Gasteiger partial charge in [-0.15, -0.1) is 0 Å². The molecule has 0 aromatic heterocycles. The van der Waals surface area contributed by atoms with Crippen molar-refractivity contribution in [3.63, 3.8) is 0 Å². The molecule has 0 atom stereocenters. The lowest BCUT2D eigenvalue weighted by Crippen LogP contribution is -3.10. The fraction of sp³-hybridized carbons (Fsp3) is 0.778. The van der Waals surface area contributed by atoms with E-state index in [0.29, 0.717) is 0 Å². The molecule has 0 aromatic rings. The van der Waals surface area contributed by atoms with E-state index in [1.807, 2.05) is 0 Å². The predicted octanol–water partition coefficient (Wildman–Crippen LogP) is -0.913. The normalized spacial score (nSPS) is 25.9. The number of carbonyl (C=O) groups is 2. The van der Waals surface area contributed by atoms with Crippen LogP contribution in [0.15, 0.2) is 0 Å². The number of quaternary nitrogens is 1. The molecular weight excluding hydrogens is 186 g/mol. The van der Waals surface area contributed by atoms with Gasteiger partial charge in [0.2, 0.25) is 0 Å². The Labute approximate surface area is 83.3 Å². The minimum absolute atomic E-state index is 0.999. The van der Waals surface area contributed by atoms with Crippen molar-refractivity contribution in [1.29, 1.82) is 0 Å². The van der Waals surface area contributed by atoms with Gasteiger partial charge in [0.15, 0.2) is 0 Å². The fourth-order valence-electron chi connectivity index (χ4n) is 1.25. The van der Waals surface area contributed by atoms with Gasteiger partial charge >= 0.3 is 11.9 Å². The van der Waals surface area contributed by atoms with Gasteiger partial charge in [0.25, 0.3) is 0 Å². The zero-order chi connectivity index (χ0) is 11.1. The molecule has 0 aromatic carbocycles. The first-order chi connectivity index (χ1) is 6.43. The molecule has 1 aliphatic heterocycles. The minimum Gasteiger partial charge on any atom is -0.473 e. The molecule has 0 unspecified atom stereocenters. The van der Waals surface area contributed by atoms with Crippen LogP contribution in [-0.4, -0.2) is 42.3 Å². The highest BCUT2D eigenvalue weighted by atomic mass is 16.4. The summed E-state index contributed by atoms with van der Waals surface area (Å²) in [6.45, 7) is 5.13. The summed E-state index contributed by atoms with van der Waals surface area (Å²) in [6, 6.07) is 0. The van der Waals surface area contributed by atoms with E-state index in [2.05, 4.69) is 14.0 Å². The number of piperidine rings is 1. The molecule has 5 heteroatoms. The van der Waals surface area contributed by atoms with Gasteiger partial charge in [-0.1, -0.05) is 6.92 Å². The molecular formula is C9H18NO4+.